The highest BCUT2D eigenvalue weighted by atomic mass is 16.5. The van der Waals surface area contributed by atoms with E-state index in [-0.39, 0.29) is 12.5 Å². The van der Waals surface area contributed by atoms with Crippen molar-refractivity contribution in [2.45, 2.75) is 6.92 Å². The highest BCUT2D eigenvalue weighted by Gasteiger charge is 2.27. The monoisotopic (exact) mass is 248 g/mol. The number of hydrogen-bond acceptors (Lipinski definition) is 4. The topological polar surface area (TPSA) is 75.7 Å². The van der Waals surface area contributed by atoms with Gasteiger partial charge in [-0.2, -0.15) is 0 Å². The van der Waals surface area contributed by atoms with Gasteiger partial charge >= 0.3 is 12.0 Å². The van der Waals surface area contributed by atoms with Crippen molar-refractivity contribution in [2.75, 3.05) is 18.1 Å². The fourth-order valence-corrected chi connectivity index (χ4v) is 1.64. The maximum absolute atomic E-state index is 11.4. The number of ether oxygens (including phenoxy) is 1. The zero-order chi connectivity index (χ0) is 13.1. The van der Waals surface area contributed by atoms with Gasteiger partial charge in [0.15, 0.2) is 0 Å². The van der Waals surface area contributed by atoms with Crippen LogP contribution in [0.15, 0.2) is 24.3 Å². The first kappa shape index (κ1) is 12.1. The fourth-order valence-electron chi connectivity index (χ4n) is 1.64. The molecule has 6 heteroatoms. The lowest BCUT2D eigenvalue weighted by Gasteiger charge is -2.13. The number of benzene rings is 1. The van der Waals surface area contributed by atoms with Gasteiger partial charge in [-0.05, 0) is 31.2 Å². The molecule has 1 aromatic rings. The van der Waals surface area contributed by atoms with Crippen molar-refractivity contribution in [2.24, 2.45) is 0 Å². The minimum absolute atomic E-state index is 0.00239. The quantitative estimate of drug-likeness (QED) is 0.637. The molecule has 0 spiro atoms. The van der Waals surface area contributed by atoms with Crippen LogP contribution in [-0.4, -0.2) is 31.1 Å². The van der Waals surface area contributed by atoms with E-state index in [1.807, 2.05) is 0 Å². The van der Waals surface area contributed by atoms with Gasteiger partial charge in [-0.25, -0.2) is 9.59 Å². The van der Waals surface area contributed by atoms with Gasteiger partial charge < -0.3 is 4.74 Å². The van der Waals surface area contributed by atoms with Gasteiger partial charge in [0, 0.05) is 5.69 Å². The van der Waals surface area contributed by atoms with E-state index in [1.54, 1.807) is 31.2 Å². The van der Waals surface area contributed by atoms with Crippen molar-refractivity contribution in [3.05, 3.63) is 29.8 Å². The molecule has 0 unspecified atom stereocenters. The number of nitrogens with one attached hydrogen (secondary N) is 1. The van der Waals surface area contributed by atoms with E-state index >= 15 is 0 Å². The minimum atomic E-state index is -0.455. The number of amides is 3. The molecule has 0 aliphatic carbocycles. The molecule has 1 N–H and O–H groups in total. The molecule has 1 saturated heterocycles. The Balaban J connectivity index is 2.15. The molecule has 0 atom stereocenters. The molecule has 1 aliphatic heterocycles. The van der Waals surface area contributed by atoms with Crippen LogP contribution < -0.4 is 10.2 Å². The van der Waals surface area contributed by atoms with Crippen LogP contribution in [0.4, 0.5) is 10.5 Å². The number of rotatable bonds is 3. The first-order valence-corrected chi connectivity index (χ1v) is 5.50. The summed E-state index contributed by atoms with van der Waals surface area (Å²) < 4.78 is 4.85. The smallest absolute Gasteiger partial charge is 0.338 e. The van der Waals surface area contributed by atoms with Gasteiger partial charge in [0.2, 0.25) is 5.91 Å². The molecule has 0 saturated carbocycles. The lowest BCUT2D eigenvalue weighted by Crippen LogP contribution is -2.27. The Morgan fingerprint density at radius 2 is 2.00 bits per heavy atom. The Hall–Kier alpha value is -2.37. The van der Waals surface area contributed by atoms with Crippen molar-refractivity contribution in [3.63, 3.8) is 0 Å². The summed E-state index contributed by atoms with van der Waals surface area (Å²) in [4.78, 5) is 35.2. The Morgan fingerprint density at radius 1 is 1.33 bits per heavy atom. The Labute approximate surface area is 104 Å². The molecule has 0 aromatic heterocycles. The molecule has 1 aliphatic rings. The zero-order valence-corrected chi connectivity index (χ0v) is 9.80. The molecule has 1 aromatic carbocycles. The third-order valence-corrected chi connectivity index (χ3v) is 2.48. The normalized spacial score (nSPS) is 14.6. The van der Waals surface area contributed by atoms with Crippen LogP contribution in [0.5, 0.6) is 0 Å². The summed E-state index contributed by atoms with van der Waals surface area (Å²) in [6.45, 7) is 2.04. The van der Waals surface area contributed by atoms with Crippen LogP contribution in [-0.2, 0) is 9.53 Å². The average Bonchev–Trinajstić information content (AvgIpc) is 2.69. The van der Waals surface area contributed by atoms with Gasteiger partial charge in [-0.15, -0.1) is 0 Å². The molecule has 18 heavy (non-hydrogen) atoms. The fraction of sp³-hybridized carbons (Fsp3) is 0.250. The molecule has 3 amide bonds. The number of carbonyl (C=O) groups is 3. The van der Waals surface area contributed by atoms with Crippen molar-refractivity contribution in [1.82, 2.24) is 5.32 Å². The number of esters is 1. The van der Waals surface area contributed by atoms with Crippen LogP contribution >= 0.6 is 0 Å². The Kier molecular flexibility index (Phi) is 3.27. The van der Waals surface area contributed by atoms with E-state index in [2.05, 4.69) is 5.32 Å². The van der Waals surface area contributed by atoms with Crippen molar-refractivity contribution >= 4 is 23.6 Å². The predicted molar refractivity (Wildman–Crippen MR) is 63.3 cm³/mol. The second-order valence-corrected chi connectivity index (χ2v) is 3.71. The Morgan fingerprint density at radius 3 is 2.50 bits per heavy atom. The summed E-state index contributed by atoms with van der Waals surface area (Å²) >= 11 is 0. The summed E-state index contributed by atoms with van der Waals surface area (Å²) in [5.41, 5.74) is 0.970. The Bertz CT molecular complexity index is 495. The molecule has 94 valence electrons. The summed E-state index contributed by atoms with van der Waals surface area (Å²) in [5.74, 6) is -0.750. The molecular formula is C12H12N2O4. The lowest BCUT2D eigenvalue weighted by molar-refractivity contribution is -0.117. The summed E-state index contributed by atoms with van der Waals surface area (Å²) in [6, 6.07) is 5.87. The number of carbonyl (C=O) groups excluding carboxylic acids is 3. The van der Waals surface area contributed by atoms with Crippen molar-refractivity contribution in [3.8, 4) is 0 Å². The van der Waals surface area contributed by atoms with Crippen molar-refractivity contribution in [1.29, 1.82) is 0 Å². The second-order valence-electron chi connectivity index (χ2n) is 3.71. The first-order valence-electron chi connectivity index (χ1n) is 5.50. The first-order chi connectivity index (χ1) is 8.61. The maximum atomic E-state index is 11.4. The van der Waals surface area contributed by atoms with Crippen LogP contribution in [0, 0.1) is 0 Å². The maximum Gasteiger partial charge on any atom is 0.338 e. The van der Waals surface area contributed by atoms with Crippen LogP contribution in [0.25, 0.3) is 0 Å². The van der Waals surface area contributed by atoms with E-state index < -0.39 is 12.0 Å². The summed E-state index contributed by atoms with van der Waals surface area (Å²) in [6.07, 6.45) is 0. The second kappa shape index (κ2) is 4.87. The molecule has 2 rings (SSSR count). The standard InChI is InChI=1S/C12H12N2O4/c1-2-18-11(16)8-3-5-9(6-4-8)14-7-10(15)13-12(14)17/h3-6H,2,7H2,1H3,(H,13,15,17). The molecule has 1 heterocycles. The van der Waals surface area contributed by atoms with E-state index in [0.717, 1.165) is 0 Å². The summed E-state index contributed by atoms with van der Waals surface area (Å²) in [5, 5.41) is 2.18. The lowest BCUT2D eigenvalue weighted by atomic mass is 10.2. The number of hydrogen-bond donors (Lipinski definition) is 1. The highest BCUT2D eigenvalue weighted by molar-refractivity contribution is 6.12. The molecule has 6 nitrogen and oxygen atoms in total. The molecular weight excluding hydrogens is 236 g/mol. The molecule has 0 bridgehead atoms. The minimum Gasteiger partial charge on any atom is -0.462 e. The summed E-state index contributed by atoms with van der Waals surface area (Å²) in [7, 11) is 0. The highest BCUT2D eigenvalue weighted by Crippen LogP contribution is 2.17. The van der Waals surface area contributed by atoms with E-state index in [0.29, 0.717) is 17.9 Å². The molecule has 0 radical (unpaired) electrons. The van der Waals surface area contributed by atoms with E-state index in [4.69, 9.17) is 4.74 Å². The number of nitrogens with zero attached hydrogens (tertiary/aromatic N) is 1. The largest absolute Gasteiger partial charge is 0.462 e. The van der Waals surface area contributed by atoms with Gasteiger partial charge in [0.25, 0.3) is 0 Å². The van der Waals surface area contributed by atoms with Crippen molar-refractivity contribution < 1.29 is 19.1 Å². The number of anilines is 1. The van der Waals surface area contributed by atoms with Crippen LogP contribution in [0.1, 0.15) is 17.3 Å². The third-order valence-electron chi connectivity index (χ3n) is 2.48. The van der Waals surface area contributed by atoms with Gasteiger partial charge in [0.05, 0.1) is 12.2 Å². The number of imide groups is 1. The SMILES string of the molecule is CCOC(=O)c1ccc(N2CC(=O)NC2=O)cc1. The van der Waals surface area contributed by atoms with Crippen LogP contribution in [0.2, 0.25) is 0 Å². The molecule has 1 fully saturated rings. The average molecular weight is 248 g/mol. The van der Waals surface area contributed by atoms with E-state index in [1.165, 1.54) is 4.90 Å². The van der Waals surface area contributed by atoms with Gasteiger partial charge in [0.1, 0.15) is 6.54 Å². The predicted octanol–water partition coefficient (Wildman–Crippen LogP) is 0.919. The van der Waals surface area contributed by atoms with Crippen LogP contribution in [0.3, 0.4) is 0 Å². The third kappa shape index (κ3) is 2.32. The van der Waals surface area contributed by atoms with Gasteiger partial charge in [-0.3, -0.25) is 15.0 Å². The van der Waals surface area contributed by atoms with Gasteiger partial charge in [-0.1, -0.05) is 0 Å². The number of urea groups is 1. The van der Waals surface area contributed by atoms with E-state index in [9.17, 15) is 14.4 Å². The zero-order valence-electron chi connectivity index (χ0n) is 9.80.